The minimum atomic E-state index is 0.0356. The van der Waals surface area contributed by atoms with Gasteiger partial charge in [0.15, 0.2) is 5.43 Å². The number of nitrogens with two attached hydrogens (primary N) is 1. The normalized spacial score (nSPS) is 10.8. The van der Waals surface area contributed by atoms with Crippen LogP contribution in [0.4, 0.5) is 5.69 Å². The molecule has 2 N–H and O–H groups in total. The number of hydrogen-bond donors (Lipinski definition) is 1. The first-order valence-electron chi connectivity index (χ1n) is 6.14. The molecule has 1 aromatic heterocycles. The minimum Gasteiger partial charge on any atom is -0.399 e. The van der Waals surface area contributed by atoms with E-state index in [0.29, 0.717) is 11.1 Å². The van der Waals surface area contributed by atoms with Crippen LogP contribution in [0, 0.1) is 6.92 Å². The third-order valence-electron chi connectivity index (χ3n) is 3.30. The summed E-state index contributed by atoms with van der Waals surface area (Å²) in [5.74, 6) is 0. The molecule has 0 atom stereocenters. The first-order valence-corrected chi connectivity index (χ1v) is 6.14. The maximum atomic E-state index is 11.9. The van der Waals surface area contributed by atoms with Crippen molar-refractivity contribution in [2.75, 3.05) is 5.73 Å². The Morgan fingerprint density at radius 2 is 1.84 bits per heavy atom. The molecule has 0 saturated heterocycles. The maximum absolute atomic E-state index is 11.9. The van der Waals surface area contributed by atoms with E-state index in [1.807, 2.05) is 54.0 Å². The largest absolute Gasteiger partial charge is 0.399 e. The van der Waals surface area contributed by atoms with E-state index in [1.54, 1.807) is 12.3 Å². The molecule has 2 aromatic carbocycles. The minimum absolute atomic E-state index is 0.0356. The Balaban J connectivity index is 2.41. The quantitative estimate of drug-likeness (QED) is 0.675. The lowest BCUT2D eigenvalue weighted by atomic mass is 10.1. The number of nitrogen functional groups attached to an aromatic ring is 1. The van der Waals surface area contributed by atoms with Gasteiger partial charge in [0.25, 0.3) is 0 Å². The van der Waals surface area contributed by atoms with Crippen LogP contribution >= 0.6 is 0 Å². The highest BCUT2D eigenvalue weighted by Gasteiger charge is 2.06. The molecule has 3 nitrogen and oxygen atoms in total. The maximum Gasteiger partial charge on any atom is 0.189 e. The average molecular weight is 250 g/mol. The SMILES string of the molecule is Cc1ccc(N)cc1-n1ccc(=O)c2ccccc21. The molecule has 0 aliphatic rings. The molecule has 1 heterocycles. The molecule has 94 valence electrons. The van der Waals surface area contributed by atoms with Gasteiger partial charge in [-0.25, -0.2) is 0 Å². The molecule has 0 bridgehead atoms. The molecule has 0 radical (unpaired) electrons. The van der Waals surface area contributed by atoms with Gasteiger partial charge in [-0.05, 0) is 36.8 Å². The Bertz CT molecular complexity index is 818. The lowest BCUT2D eigenvalue weighted by molar-refractivity contribution is 1.08. The molecule has 3 rings (SSSR count). The van der Waals surface area contributed by atoms with Crippen molar-refractivity contribution in [3.8, 4) is 5.69 Å². The van der Waals surface area contributed by atoms with Crippen molar-refractivity contribution in [1.29, 1.82) is 0 Å². The van der Waals surface area contributed by atoms with Gasteiger partial charge < -0.3 is 10.3 Å². The third-order valence-corrected chi connectivity index (χ3v) is 3.30. The fourth-order valence-electron chi connectivity index (χ4n) is 2.30. The topological polar surface area (TPSA) is 48.0 Å². The van der Waals surface area contributed by atoms with Gasteiger partial charge in [0.1, 0.15) is 0 Å². The van der Waals surface area contributed by atoms with E-state index in [0.717, 1.165) is 16.8 Å². The predicted octanol–water partition coefficient (Wildman–Crippen LogP) is 2.88. The molecule has 3 aromatic rings. The number of benzene rings is 2. The van der Waals surface area contributed by atoms with Crippen molar-refractivity contribution >= 4 is 16.6 Å². The van der Waals surface area contributed by atoms with E-state index in [-0.39, 0.29) is 5.43 Å². The average Bonchev–Trinajstić information content (AvgIpc) is 2.43. The van der Waals surface area contributed by atoms with Crippen LogP contribution in [0.5, 0.6) is 0 Å². The highest BCUT2D eigenvalue weighted by atomic mass is 16.1. The molecular formula is C16H14N2O. The van der Waals surface area contributed by atoms with Crippen molar-refractivity contribution in [1.82, 2.24) is 4.57 Å². The van der Waals surface area contributed by atoms with Crippen LogP contribution in [-0.2, 0) is 0 Å². The first-order chi connectivity index (χ1) is 9.16. The number of nitrogens with zero attached hydrogens (tertiary/aromatic N) is 1. The molecule has 0 amide bonds. The van der Waals surface area contributed by atoms with Crippen LogP contribution in [0.3, 0.4) is 0 Å². The lowest BCUT2D eigenvalue weighted by Crippen LogP contribution is -2.07. The van der Waals surface area contributed by atoms with Crippen molar-refractivity contribution in [3.05, 3.63) is 70.5 Å². The summed E-state index contributed by atoms with van der Waals surface area (Å²) in [7, 11) is 0. The van der Waals surface area contributed by atoms with Crippen LogP contribution in [-0.4, -0.2) is 4.57 Å². The molecule has 19 heavy (non-hydrogen) atoms. The van der Waals surface area contributed by atoms with Crippen LogP contribution in [0.2, 0.25) is 0 Å². The first kappa shape index (κ1) is 11.5. The Morgan fingerprint density at radius 3 is 2.68 bits per heavy atom. The number of fused-ring (bicyclic) bond motifs is 1. The van der Waals surface area contributed by atoms with Gasteiger partial charge >= 0.3 is 0 Å². The second-order valence-electron chi connectivity index (χ2n) is 4.61. The van der Waals surface area contributed by atoms with Crippen LogP contribution in [0.15, 0.2) is 59.5 Å². The van der Waals surface area contributed by atoms with Crippen LogP contribution < -0.4 is 11.2 Å². The Kier molecular flexibility index (Phi) is 2.60. The second-order valence-corrected chi connectivity index (χ2v) is 4.61. The predicted molar refractivity (Wildman–Crippen MR) is 78.7 cm³/mol. The standard InChI is InChI=1S/C16H14N2O/c1-11-6-7-12(17)10-15(11)18-9-8-16(19)13-4-2-3-5-14(13)18/h2-10H,17H2,1H3. The zero-order valence-corrected chi connectivity index (χ0v) is 10.6. The number of aryl methyl sites for hydroxylation is 1. The van der Waals surface area contributed by atoms with Gasteiger partial charge in [0.05, 0.1) is 11.2 Å². The zero-order chi connectivity index (χ0) is 13.4. The van der Waals surface area contributed by atoms with Gasteiger partial charge in [-0.3, -0.25) is 4.79 Å². The number of para-hydroxylation sites is 1. The molecule has 3 heteroatoms. The van der Waals surface area contributed by atoms with Crippen molar-refractivity contribution in [2.45, 2.75) is 6.92 Å². The zero-order valence-electron chi connectivity index (χ0n) is 10.6. The van der Waals surface area contributed by atoms with E-state index in [2.05, 4.69) is 0 Å². The molecular weight excluding hydrogens is 236 g/mol. The van der Waals surface area contributed by atoms with Gasteiger partial charge in [-0.1, -0.05) is 18.2 Å². The van der Waals surface area contributed by atoms with Crippen molar-refractivity contribution in [3.63, 3.8) is 0 Å². The highest BCUT2D eigenvalue weighted by molar-refractivity contribution is 5.80. The second kappa shape index (κ2) is 4.28. The van der Waals surface area contributed by atoms with Gasteiger partial charge in [0.2, 0.25) is 0 Å². The fraction of sp³-hybridized carbons (Fsp3) is 0.0625. The Hall–Kier alpha value is -2.55. The third kappa shape index (κ3) is 1.89. The molecule has 0 saturated carbocycles. The van der Waals surface area contributed by atoms with E-state index < -0.39 is 0 Å². The smallest absolute Gasteiger partial charge is 0.189 e. The van der Waals surface area contributed by atoms with Gasteiger partial charge in [-0.2, -0.15) is 0 Å². The summed E-state index contributed by atoms with van der Waals surface area (Å²) in [6.45, 7) is 2.03. The van der Waals surface area contributed by atoms with E-state index >= 15 is 0 Å². The summed E-state index contributed by atoms with van der Waals surface area (Å²) in [5, 5.41) is 0.715. The Morgan fingerprint density at radius 1 is 1.05 bits per heavy atom. The van der Waals surface area contributed by atoms with E-state index in [9.17, 15) is 4.79 Å². The van der Waals surface area contributed by atoms with Crippen molar-refractivity contribution in [2.24, 2.45) is 0 Å². The number of pyridine rings is 1. The number of hydrogen-bond acceptors (Lipinski definition) is 2. The molecule has 0 aliphatic carbocycles. The Labute approximate surface area is 110 Å². The molecule has 0 unspecified atom stereocenters. The number of anilines is 1. The summed E-state index contributed by atoms with van der Waals surface area (Å²) >= 11 is 0. The molecule has 0 fully saturated rings. The lowest BCUT2D eigenvalue weighted by Gasteiger charge is -2.13. The van der Waals surface area contributed by atoms with E-state index in [1.165, 1.54) is 0 Å². The monoisotopic (exact) mass is 250 g/mol. The highest BCUT2D eigenvalue weighted by Crippen LogP contribution is 2.21. The molecule has 0 spiro atoms. The van der Waals surface area contributed by atoms with Gasteiger partial charge in [0, 0.05) is 23.3 Å². The van der Waals surface area contributed by atoms with Crippen molar-refractivity contribution < 1.29 is 0 Å². The summed E-state index contributed by atoms with van der Waals surface area (Å²) < 4.78 is 2.00. The molecule has 0 aliphatic heterocycles. The van der Waals surface area contributed by atoms with E-state index in [4.69, 9.17) is 5.73 Å². The fourth-order valence-corrected chi connectivity index (χ4v) is 2.30. The summed E-state index contributed by atoms with van der Waals surface area (Å²) in [5.41, 5.74) is 9.61. The number of aromatic nitrogens is 1. The summed E-state index contributed by atoms with van der Waals surface area (Å²) in [6.07, 6.45) is 1.80. The number of rotatable bonds is 1. The van der Waals surface area contributed by atoms with Crippen LogP contribution in [0.25, 0.3) is 16.6 Å². The van der Waals surface area contributed by atoms with Crippen LogP contribution in [0.1, 0.15) is 5.56 Å². The summed E-state index contributed by atoms with van der Waals surface area (Å²) in [4.78, 5) is 11.9. The van der Waals surface area contributed by atoms with Gasteiger partial charge in [-0.15, -0.1) is 0 Å². The summed E-state index contributed by atoms with van der Waals surface area (Å²) in [6, 6.07) is 15.0.